The van der Waals surface area contributed by atoms with Gasteiger partial charge in [-0.15, -0.1) is 0 Å². The first-order valence-electron chi connectivity index (χ1n) is 5.85. The normalized spacial score (nSPS) is 36.5. The summed E-state index contributed by atoms with van der Waals surface area (Å²) in [5.41, 5.74) is 0.352. The van der Waals surface area contributed by atoms with Gasteiger partial charge in [-0.1, -0.05) is 20.4 Å². The van der Waals surface area contributed by atoms with Crippen molar-refractivity contribution in [3.8, 4) is 0 Å². The lowest BCUT2D eigenvalue weighted by atomic mass is 9.69. The summed E-state index contributed by atoms with van der Waals surface area (Å²) in [6.07, 6.45) is 5.28. The summed E-state index contributed by atoms with van der Waals surface area (Å²) < 4.78 is 5.21. The van der Waals surface area contributed by atoms with Crippen LogP contribution in [0.2, 0.25) is 0 Å². The minimum atomic E-state index is -0.284. The van der Waals surface area contributed by atoms with Gasteiger partial charge in [0, 0.05) is 12.0 Å². The summed E-state index contributed by atoms with van der Waals surface area (Å²) in [7, 11) is 0. The van der Waals surface area contributed by atoms with Crippen LogP contribution in [0.3, 0.4) is 0 Å². The fourth-order valence-electron chi connectivity index (χ4n) is 3.55. The third kappa shape index (κ3) is 1.70. The first-order valence-corrected chi connectivity index (χ1v) is 5.85. The van der Waals surface area contributed by atoms with Crippen molar-refractivity contribution in [1.29, 1.82) is 0 Å². The zero-order chi connectivity index (χ0) is 11.1. The van der Waals surface area contributed by atoms with Gasteiger partial charge in [0.15, 0.2) is 0 Å². The number of carbonyl (C=O) groups excluding carboxylic acids is 1. The molecule has 0 radical (unpaired) electrons. The van der Waals surface area contributed by atoms with E-state index < -0.39 is 0 Å². The minimum Gasteiger partial charge on any atom is -0.462 e. The third-order valence-corrected chi connectivity index (χ3v) is 4.62. The smallest absolute Gasteiger partial charge is 0.330 e. The van der Waals surface area contributed by atoms with E-state index >= 15 is 0 Å². The maximum atomic E-state index is 11.0. The number of ether oxygens (including phenoxy) is 1. The Balaban J connectivity index is 1.97. The van der Waals surface area contributed by atoms with E-state index in [1.165, 1.54) is 25.3 Å². The highest BCUT2D eigenvalue weighted by Gasteiger charge is 2.52. The van der Waals surface area contributed by atoms with E-state index in [9.17, 15) is 4.79 Å². The van der Waals surface area contributed by atoms with E-state index in [-0.39, 0.29) is 5.97 Å². The average Bonchev–Trinajstić information content (AvgIpc) is 2.74. The quantitative estimate of drug-likeness (QED) is 0.526. The summed E-state index contributed by atoms with van der Waals surface area (Å²) in [6.45, 7) is 8.64. The molecule has 1 unspecified atom stereocenters. The van der Waals surface area contributed by atoms with Gasteiger partial charge in [0.05, 0.1) is 6.61 Å². The topological polar surface area (TPSA) is 26.3 Å². The van der Waals surface area contributed by atoms with Gasteiger partial charge in [-0.2, -0.15) is 0 Å². The number of carbonyl (C=O) groups is 1. The highest BCUT2D eigenvalue weighted by atomic mass is 16.5. The van der Waals surface area contributed by atoms with Gasteiger partial charge >= 0.3 is 5.97 Å². The maximum absolute atomic E-state index is 11.0. The van der Waals surface area contributed by atoms with Crippen LogP contribution in [0.1, 0.15) is 33.1 Å². The van der Waals surface area contributed by atoms with Crippen LogP contribution in [0.25, 0.3) is 0 Å². The Bertz CT molecular complexity index is 280. The molecule has 2 fully saturated rings. The van der Waals surface area contributed by atoms with E-state index in [1.54, 1.807) is 0 Å². The zero-order valence-corrected chi connectivity index (χ0v) is 9.66. The molecule has 2 nitrogen and oxygen atoms in total. The second kappa shape index (κ2) is 3.66. The third-order valence-electron chi connectivity index (χ3n) is 4.62. The van der Waals surface area contributed by atoms with Crippen molar-refractivity contribution in [3.63, 3.8) is 0 Å². The largest absolute Gasteiger partial charge is 0.462 e. The average molecular weight is 208 g/mol. The van der Waals surface area contributed by atoms with E-state index in [4.69, 9.17) is 4.74 Å². The lowest BCUT2D eigenvalue weighted by molar-refractivity contribution is -0.141. The Morgan fingerprint density at radius 1 is 1.53 bits per heavy atom. The van der Waals surface area contributed by atoms with Crippen LogP contribution in [0, 0.1) is 23.2 Å². The summed E-state index contributed by atoms with van der Waals surface area (Å²) in [5.74, 6) is 1.89. The fraction of sp³-hybridized carbons (Fsp3) is 0.769. The molecule has 0 aliphatic heterocycles. The molecule has 3 atom stereocenters. The van der Waals surface area contributed by atoms with Crippen molar-refractivity contribution < 1.29 is 9.53 Å². The number of fused-ring (bicyclic) bond motifs is 2. The highest BCUT2D eigenvalue weighted by molar-refractivity contribution is 5.81. The second-order valence-corrected chi connectivity index (χ2v) is 5.53. The Morgan fingerprint density at radius 2 is 2.27 bits per heavy atom. The van der Waals surface area contributed by atoms with Gasteiger partial charge in [-0.3, -0.25) is 0 Å². The molecule has 0 aromatic carbocycles. The Morgan fingerprint density at radius 3 is 2.80 bits per heavy atom. The SMILES string of the molecule is C=CC(=O)OC[C@H]1[C@H]2CCC(C2)C1(C)C. The summed E-state index contributed by atoms with van der Waals surface area (Å²) in [4.78, 5) is 11.0. The van der Waals surface area contributed by atoms with Crippen molar-refractivity contribution in [2.45, 2.75) is 33.1 Å². The predicted octanol–water partition coefficient (Wildman–Crippen LogP) is 2.79. The lowest BCUT2D eigenvalue weighted by Gasteiger charge is -2.37. The Labute approximate surface area is 91.7 Å². The van der Waals surface area contributed by atoms with E-state index in [2.05, 4.69) is 20.4 Å². The molecule has 2 saturated carbocycles. The molecule has 0 amide bonds. The minimum absolute atomic E-state index is 0.284. The van der Waals surface area contributed by atoms with Crippen molar-refractivity contribution in [3.05, 3.63) is 12.7 Å². The number of esters is 1. The first kappa shape index (κ1) is 10.7. The lowest BCUT2D eigenvalue weighted by Crippen LogP contribution is -2.34. The van der Waals surface area contributed by atoms with Gasteiger partial charge in [0.25, 0.3) is 0 Å². The molecular weight excluding hydrogens is 188 g/mol. The molecule has 84 valence electrons. The Kier molecular flexibility index (Phi) is 2.61. The molecule has 0 N–H and O–H groups in total. The maximum Gasteiger partial charge on any atom is 0.330 e. The monoisotopic (exact) mass is 208 g/mol. The van der Waals surface area contributed by atoms with Crippen LogP contribution >= 0.6 is 0 Å². The molecule has 0 aromatic heterocycles. The second-order valence-electron chi connectivity index (χ2n) is 5.53. The number of hydrogen-bond acceptors (Lipinski definition) is 2. The van der Waals surface area contributed by atoms with Crippen LogP contribution in [-0.4, -0.2) is 12.6 Å². The van der Waals surface area contributed by atoms with Crippen LogP contribution < -0.4 is 0 Å². The molecule has 15 heavy (non-hydrogen) atoms. The molecule has 0 spiro atoms. The Hall–Kier alpha value is -0.790. The first-order chi connectivity index (χ1) is 7.05. The molecule has 0 aromatic rings. The highest BCUT2D eigenvalue weighted by Crippen LogP contribution is 2.59. The molecular formula is C13H20O2. The van der Waals surface area contributed by atoms with E-state index in [0.717, 1.165) is 11.8 Å². The van der Waals surface area contributed by atoms with Gasteiger partial charge in [0.2, 0.25) is 0 Å². The van der Waals surface area contributed by atoms with Gasteiger partial charge in [-0.25, -0.2) is 4.79 Å². The summed E-state index contributed by atoms with van der Waals surface area (Å²) in [6, 6.07) is 0. The number of hydrogen-bond donors (Lipinski definition) is 0. The van der Waals surface area contributed by atoms with Gasteiger partial charge < -0.3 is 4.74 Å². The van der Waals surface area contributed by atoms with Gasteiger partial charge in [0.1, 0.15) is 0 Å². The van der Waals surface area contributed by atoms with Gasteiger partial charge in [-0.05, 0) is 36.5 Å². The molecule has 2 aliphatic rings. The standard InChI is InChI=1S/C13H20O2/c1-4-12(14)15-8-11-9-5-6-10(7-9)13(11,2)3/h4,9-11H,1,5-8H2,2-3H3/t9-,10?,11-/m0/s1. The van der Waals surface area contributed by atoms with Crippen molar-refractivity contribution in [2.75, 3.05) is 6.61 Å². The number of rotatable bonds is 3. The van der Waals surface area contributed by atoms with Crippen LogP contribution in [0.15, 0.2) is 12.7 Å². The molecule has 2 bridgehead atoms. The zero-order valence-electron chi connectivity index (χ0n) is 9.66. The molecule has 2 aliphatic carbocycles. The van der Waals surface area contributed by atoms with Crippen molar-refractivity contribution in [2.24, 2.45) is 23.2 Å². The molecule has 0 saturated heterocycles. The van der Waals surface area contributed by atoms with E-state index in [1.807, 2.05) is 0 Å². The summed E-state index contributed by atoms with van der Waals surface area (Å²) in [5, 5.41) is 0. The van der Waals surface area contributed by atoms with Crippen LogP contribution in [0.4, 0.5) is 0 Å². The summed E-state index contributed by atoms with van der Waals surface area (Å²) >= 11 is 0. The van der Waals surface area contributed by atoms with Crippen molar-refractivity contribution in [1.82, 2.24) is 0 Å². The van der Waals surface area contributed by atoms with Crippen molar-refractivity contribution >= 4 is 5.97 Å². The predicted molar refractivity (Wildman–Crippen MR) is 59.3 cm³/mol. The molecule has 2 rings (SSSR count). The molecule has 2 heteroatoms. The molecule has 0 heterocycles. The van der Waals surface area contributed by atoms with Crippen LogP contribution in [0.5, 0.6) is 0 Å². The fourth-order valence-corrected chi connectivity index (χ4v) is 3.55. The van der Waals surface area contributed by atoms with E-state index in [0.29, 0.717) is 17.9 Å². The van der Waals surface area contributed by atoms with Crippen LogP contribution in [-0.2, 0) is 9.53 Å².